The van der Waals surface area contributed by atoms with Gasteiger partial charge in [0.15, 0.2) is 0 Å². The van der Waals surface area contributed by atoms with Gasteiger partial charge in [0.05, 0.1) is 18.8 Å². The second-order valence-electron chi connectivity index (χ2n) is 5.98. The van der Waals surface area contributed by atoms with Crippen molar-refractivity contribution in [1.82, 2.24) is 5.32 Å². The van der Waals surface area contributed by atoms with E-state index in [4.69, 9.17) is 16.3 Å². The van der Waals surface area contributed by atoms with Crippen LogP contribution in [0.15, 0.2) is 54.6 Å². The summed E-state index contributed by atoms with van der Waals surface area (Å²) >= 11 is 5.90. The molecule has 0 spiro atoms. The Morgan fingerprint density at radius 3 is 2.33 bits per heavy atom. The highest BCUT2D eigenvalue weighted by molar-refractivity contribution is 6.30. The maximum Gasteiger partial charge on any atom is 0.0898 e. The van der Waals surface area contributed by atoms with Crippen molar-refractivity contribution in [2.24, 2.45) is 0 Å². The topological polar surface area (TPSA) is 41.5 Å². The van der Waals surface area contributed by atoms with Crippen LogP contribution in [0.4, 0.5) is 0 Å². The molecule has 2 rings (SSSR count). The molecule has 3 atom stereocenters. The molecule has 0 saturated heterocycles. The normalized spacial score (nSPS) is 15.0. The Balaban J connectivity index is 1.76. The van der Waals surface area contributed by atoms with E-state index < -0.39 is 6.10 Å². The molecule has 0 aromatic heterocycles. The van der Waals surface area contributed by atoms with E-state index in [0.29, 0.717) is 13.2 Å². The summed E-state index contributed by atoms with van der Waals surface area (Å²) in [6.45, 7) is 4.95. The molecule has 2 aromatic carbocycles. The minimum atomic E-state index is -0.544. The Morgan fingerprint density at radius 2 is 1.71 bits per heavy atom. The molecule has 4 heteroatoms. The van der Waals surface area contributed by atoms with Crippen molar-refractivity contribution in [3.05, 3.63) is 70.7 Å². The summed E-state index contributed by atoms with van der Waals surface area (Å²) < 4.78 is 5.89. The van der Waals surface area contributed by atoms with Gasteiger partial charge in [-0.15, -0.1) is 0 Å². The first-order valence-electron chi connectivity index (χ1n) is 8.43. The quantitative estimate of drug-likeness (QED) is 0.700. The van der Waals surface area contributed by atoms with Crippen LogP contribution in [0.3, 0.4) is 0 Å². The molecule has 0 saturated carbocycles. The Morgan fingerprint density at radius 1 is 1.04 bits per heavy atom. The molecule has 0 heterocycles. The van der Waals surface area contributed by atoms with Crippen molar-refractivity contribution in [3.8, 4) is 0 Å². The van der Waals surface area contributed by atoms with Crippen molar-refractivity contribution in [3.63, 3.8) is 0 Å². The van der Waals surface area contributed by atoms with Gasteiger partial charge in [0, 0.05) is 17.6 Å². The van der Waals surface area contributed by atoms with E-state index in [1.165, 1.54) is 0 Å². The van der Waals surface area contributed by atoms with E-state index in [2.05, 4.69) is 31.3 Å². The molecule has 0 fully saturated rings. The smallest absolute Gasteiger partial charge is 0.0898 e. The van der Waals surface area contributed by atoms with Crippen molar-refractivity contribution < 1.29 is 9.84 Å². The average molecular weight is 348 g/mol. The second-order valence-corrected chi connectivity index (χ2v) is 6.41. The van der Waals surface area contributed by atoms with E-state index >= 15 is 0 Å². The zero-order valence-corrected chi connectivity index (χ0v) is 15.0. The molecule has 0 aliphatic rings. The van der Waals surface area contributed by atoms with E-state index in [9.17, 15) is 5.11 Å². The molecule has 2 N–H and O–H groups in total. The minimum Gasteiger partial charge on any atom is -0.389 e. The van der Waals surface area contributed by atoms with E-state index in [-0.39, 0.29) is 12.1 Å². The summed E-state index contributed by atoms with van der Waals surface area (Å²) in [7, 11) is 0. The third kappa shape index (κ3) is 5.91. The molecule has 2 aromatic rings. The SMILES string of the molecule is CCC(OCC(O)CNC(C)c1ccc(Cl)cc1)c1ccccc1. The molecule has 0 amide bonds. The lowest BCUT2D eigenvalue weighted by Crippen LogP contribution is -2.32. The number of aliphatic hydroxyl groups excluding tert-OH is 1. The summed E-state index contributed by atoms with van der Waals surface area (Å²) in [4.78, 5) is 0. The summed E-state index contributed by atoms with van der Waals surface area (Å²) in [6, 6.07) is 18.0. The van der Waals surface area contributed by atoms with Crippen LogP contribution in [0.5, 0.6) is 0 Å². The molecule has 0 aliphatic heterocycles. The predicted molar refractivity (Wildman–Crippen MR) is 99.3 cm³/mol. The van der Waals surface area contributed by atoms with Crippen LogP contribution >= 0.6 is 11.6 Å². The molecular weight excluding hydrogens is 322 g/mol. The molecule has 0 radical (unpaired) electrons. The van der Waals surface area contributed by atoms with Gasteiger partial charge < -0.3 is 15.2 Å². The van der Waals surface area contributed by atoms with Gasteiger partial charge in [-0.25, -0.2) is 0 Å². The summed E-state index contributed by atoms with van der Waals surface area (Å²) in [5, 5.41) is 14.2. The monoisotopic (exact) mass is 347 g/mol. The van der Waals surface area contributed by atoms with Crippen LogP contribution in [0, 0.1) is 0 Å². The van der Waals surface area contributed by atoms with E-state index in [0.717, 1.165) is 22.6 Å². The van der Waals surface area contributed by atoms with Crippen molar-refractivity contribution in [2.75, 3.05) is 13.2 Å². The predicted octanol–water partition coefficient (Wildman–Crippen LogP) is 4.52. The first kappa shape index (κ1) is 18.9. The number of aliphatic hydroxyl groups is 1. The lowest BCUT2D eigenvalue weighted by Gasteiger charge is -2.21. The largest absolute Gasteiger partial charge is 0.389 e. The molecule has 3 unspecified atom stereocenters. The fourth-order valence-corrected chi connectivity index (χ4v) is 2.71. The number of halogens is 1. The van der Waals surface area contributed by atoms with Crippen LogP contribution in [0.2, 0.25) is 5.02 Å². The highest BCUT2D eigenvalue weighted by Crippen LogP contribution is 2.21. The highest BCUT2D eigenvalue weighted by Gasteiger charge is 2.13. The van der Waals surface area contributed by atoms with Crippen molar-refractivity contribution in [1.29, 1.82) is 0 Å². The van der Waals surface area contributed by atoms with Crippen LogP contribution in [-0.2, 0) is 4.74 Å². The Bertz CT molecular complexity index is 588. The van der Waals surface area contributed by atoms with E-state index in [1.54, 1.807) is 0 Å². The minimum absolute atomic E-state index is 0.0227. The maximum atomic E-state index is 10.2. The summed E-state index contributed by atoms with van der Waals surface area (Å²) in [6.07, 6.45) is 0.359. The first-order valence-corrected chi connectivity index (χ1v) is 8.81. The van der Waals surface area contributed by atoms with E-state index in [1.807, 2.05) is 42.5 Å². The summed E-state index contributed by atoms with van der Waals surface area (Å²) in [5.41, 5.74) is 2.29. The fraction of sp³-hybridized carbons (Fsp3) is 0.400. The van der Waals surface area contributed by atoms with Gasteiger partial charge in [-0.3, -0.25) is 0 Å². The van der Waals surface area contributed by atoms with Gasteiger partial charge in [-0.05, 0) is 36.6 Å². The lowest BCUT2D eigenvalue weighted by atomic mass is 10.1. The Labute approximate surface area is 149 Å². The zero-order chi connectivity index (χ0) is 17.4. The lowest BCUT2D eigenvalue weighted by molar-refractivity contribution is -0.0120. The number of nitrogens with one attached hydrogen (secondary N) is 1. The molecular formula is C20H26ClNO2. The van der Waals surface area contributed by atoms with Crippen molar-refractivity contribution in [2.45, 2.75) is 38.5 Å². The fourth-order valence-electron chi connectivity index (χ4n) is 2.59. The van der Waals surface area contributed by atoms with Gasteiger partial charge >= 0.3 is 0 Å². The van der Waals surface area contributed by atoms with Crippen LogP contribution in [-0.4, -0.2) is 24.4 Å². The summed E-state index contributed by atoms with van der Waals surface area (Å²) in [5.74, 6) is 0. The number of benzene rings is 2. The van der Waals surface area contributed by atoms with Gasteiger partial charge in [-0.2, -0.15) is 0 Å². The highest BCUT2D eigenvalue weighted by atomic mass is 35.5. The number of hydrogen-bond acceptors (Lipinski definition) is 3. The number of ether oxygens (including phenoxy) is 1. The second kappa shape index (κ2) is 9.80. The van der Waals surface area contributed by atoms with Gasteiger partial charge in [-0.1, -0.05) is 61.0 Å². The molecule has 0 aliphatic carbocycles. The van der Waals surface area contributed by atoms with Gasteiger partial charge in [0.1, 0.15) is 0 Å². The number of hydrogen-bond donors (Lipinski definition) is 2. The maximum absolute atomic E-state index is 10.2. The third-order valence-corrected chi connectivity index (χ3v) is 4.31. The first-order chi connectivity index (χ1) is 11.6. The average Bonchev–Trinajstić information content (AvgIpc) is 2.61. The molecule has 0 bridgehead atoms. The van der Waals surface area contributed by atoms with Crippen LogP contribution in [0.1, 0.15) is 43.5 Å². The Hall–Kier alpha value is -1.39. The zero-order valence-electron chi connectivity index (χ0n) is 14.3. The standard InChI is InChI=1S/C20H26ClNO2/c1-3-20(17-7-5-4-6-8-17)24-14-19(23)13-22-15(2)16-9-11-18(21)12-10-16/h4-12,15,19-20,22-23H,3,13-14H2,1-2H3. The third-order valence-electron chi connectivity index (χ3n) is 4.06. The van der Waals surface area contributed by atoms with Crippen LogP contribution in [0.25, 0.3) is 0 Å². The Kier molecular flexibility index (Phi) is 7.73. The molecule has 24 heavy (non-hydrogen) atoms. The van der Waals surface area contributed by atoms with Gasteiger partial charge in [0.25, 0.3) is 0 Å². The van der Waals surface area contributed by atoms with Crippen molar-refractivity contribution >= 4 is 11.6 Å². The number of rotatable bonds is 9. The van der Waals surface area contributed by atoms with Gasteiger partial charge in [0.2, 0.25) is 0 Å². The molecule has 130 valence electrons. The van der Waals surface area contributed by atoms with Crippen LogP contribution < -0.4 is 5.32 Å². The molecule has 3 nitrogen and oxygen atoms in total.